The average molecular weight is 290 g/mol. The second kappa shape index (κ2) is 6.00. The maximum atomic E-state index is 13.8. The molecule has 1 aromatic carbocycles. The Balaban J connectivity index is 2.17. The van der Waals surface area contributed by atoms with Gasteiger partial charge in [-0.2, -0.15) is 0 Å². The molecule has 0 aliphatic carbocycles. The van der Waals surface area contributed by atoms with Crippen LogP contribution in [0.25, 0.3) is 0 Å². The third kappa shape index (κ3) is 3.33. The van der Waals surface area contributed by atoms with E-state index in [1.807, 2.05) is 0 Å². The number of nitrogens with zero attached hydrogens (tertiary/aromatic N) is 1. The van der Waals surface area contributed by atoms with Crippen molar-refractivity contribution in [2.75, 3.05) is 0 Å². The number of aromatic carboxylic acids is 1. The minimum atomic E-state index is -1.17. The summed E-state index contributed by atoms with van der Waals surface area (Å²) in [6.45, 7) is -0.198. The van der Waals surface area contributed by atoms with Crippen molar-refractivity contribution in [2.24, 2.45) is 5.73 Å². The Labute approximate surface area is 119 Å². The Morgan fingerprint density at radius 2 is 2.10 bits per heavy atom. The minimum Gasteiger partial charge on any atom is -0.486 e. The molecule has 0 bridgehead atoms. The number of amides is 1. The lowest BCUT2D eigenvalue weighted by atomic mass is 10.1. The molecule has 0 unspecified atom stereocenters. The molecule has 0 aliphatic rings. The third-order valence-corrected chi connectivity index (χ3v) is 2.74. The molecule has 0 atom stereocenters. The molecule has 0 fully saturated rings. The van der Waals surface area contributed by atoms with Crippen LogP contribution in [0.15, 0.2) is 36.7 Å². The van der Waals surface area contributed by atoms with E-state index in [9.17, 15) is 14.0 Å². The van der Waals surface area contributed by atoms with Gasteiger partial charge in [0.2, 0.25) is 5.91 Å². The maximum absolute atomic E-state index is 13.8. The molecule has 2 rings (SSSR count). The van der Waals surface area contributed by atoms with E-state index in [-0.39, 0.29) is 29.0 Å². The number of ether oxygens (including phenoxy) is 1. The summed E-state index contributed by atoms with van der Waals surface area (Å²) in [7, 11) is 0. The summed E-state index contributed by atoms with van der Waals surface area (Å²) in [6, 6.07) is 5.00. The van der Waals surface area contributed by atoms with Crippen LogP contribution in [0.3, 0.4) is 0 Å². The van der Waals surface area contributed by atoms with Gasteiger partial charge in [-0.3, -0.25) is 9.78 Å². The number of hydrogen-bond acceptors (Lipinski definition) is 4. The Bertz CT molecular complexity index is 703. The van der Waals surface area contributed by atoms with Crippen LogP contribution in [0.5, 0.6) is 5.75 Å². The summed E-state index contributed by atoms with van der Waals surface area (Å²) >= 11 is 0. The number of carboxylic acid groups (broad SMARTS) is 1. The largest absolute Gasteiger partial charge is 0.486 e. The summed E-state index contributed by atoms with van der Waals surface area (Å²) in [6.07, 6.45) is 2.55. The Morgan fingerprint density at radius 3 is 2.71 bits per heavy atom. The third-order valence-electron chi connectivity index (χ3n) is 2.74. The number of carbonyl (C=O) groups excluding carboxylic acids is 1. The molecule has 108 valence electrons. The predicted octanol–water partition coefficient (Wildman–Crippen LogP) is 1.60. The van der Waals surface area contributed by atoms with E-state index in [1.165, 1.54) is 30.6 Å². The number of halogens is 1. The monoisotopic (exact) mass is 290 g/mol. The number of nitrogens with two attached hydrogens (primary N) is 1. The van der Waals surface area contributed by atoms with Crippen LogP contribution < -0.4 is 10.5 Å². The Hall–Kier alpha value is -2.96. The summed E-state index contributed by atoms with van der Waals surface area (Å²) in [4.78, 5) is 25.7. The van der Waals surface area contributed by atoms with E-state index in [1.54, 1.807) is 0 Å². The van der Waals surface area contributed by atoms with Crippen molar-refractivity contribution in [2.45, 2.75) is 6.61 Å². The van der Waals surface area contributed by atoms with Crippen molar-refractivity contribution in [3.8, 4) is 5.75 Å². The molecule has 0 spiro atoms. The molecular weight excluding hydrogens is 279 g/mol. The van der Waals surface area contributed by atoms with Gasteiger partial charge in [0.25, 0.3) is 0 Å². The van der Waals surface area contributed by atoms with Crippen molar-refractivity contribution < 1.29 is 23.8 Å². The number of pyridine rings is 1. The van der Waals surface area contributed by atoms with Gasteiger partial charge in [0.1, 0.15) is 18.0 Å². The number of carboxylic acids is 1. The van der Waals surface area contributed by atoms with Crippen molar-refractivity contribution in [3.05, 3.63) is 59.2 Å². The molecule has 0 radical (unpaired) electrons. The van der Waals surface area contributed by atoms with Gasteiger partial charge in [0.15, 0.2) is 5.75 Å². The molecule has 1 amide bonds. The van der Waals surface area contributed by atoms with Gasteiger partial charge in [-0.05, 0) is 18.2 Å². The fourth-order valence-corrected chi connectivity index (χ4v) is 1.64. The van der Waals surface area contributed by atoms with Gasteiger partial charge >= 0.3 is 5.97 Å². The predicted molar refractivity (Wildman–Crippen MR) is 70.4 cm³/mol. The van der Waals surface area contributed by atoms with E-state index < -0.39 is 17.7 Å². The SMILES string of the molecule is NC(=O)c1ccc(COc2cnccc2C(=O)O)c(F)c1. The number of aromatic nitrogens is 1. The van der Waals surface area contributed by atoms with E-state index in [2.05, 4.69) is 4.98 Å². The van der Waals surface area contributed by atoms with Gasteiger partial charge in [0.05, 0.1) is 6.20 Å². The average Bonchev–Trinajstić information content (AvgIpc) is 2.46. The minimum absolute atomic E-state index is 0.0309. The van der Waals surface area contributed by atoms with Crippen LogP contribution in [0.1, 0.15) is 26.3 Å². The quantitative estimate of drug-likeness (QED) is 0.870. The normalized spacial score (nSPS) is 10.1. The van der Waals surface area contributed by atoms with Crippen LogP contribution in [0.4, 0.5) is 4.39 Å². The first-order chi connectivity index (χ1) is 9.99. The fraction of sp³-hybridized carbons (Fsp3) is 0.0714. The van der Waals surface area contributed by atoms with Gasteiger partial charge in [-0.25, -0.2) is 9.18 Å². The number of hydrogen-bond donors (Lipinski definition) is 2. The van der Waals surface area contributed by atoms with Crippen LogP contribution >= 0.6 is 0 Å². The maximum Gasteiger partial charge on any atom is 0.339 e. The van der Waals surface area contributed by atoms with Gasteiger partial charge in [0, 0.05) is 17.3 Å². The van der Waals surface area contributed by atoms with Gasteiger partial charge < -0.3 is 15.6 Å². The highest BCUT2D eigenvalue weighted by Crippen LogP contribution is 2.19. The number of carbonyl (C=O) groups is 2. The lowest BCUT2D eigenvalue weighted by Crippen LogP contribution is -2.12. The van der Waals surface area contributed by atoms with Gasteiger partial charge in [-0.1, -0.05) is 6.07 Å². The zero-order valence-corrected chi connectivity index (χ0v) is 10.7. The molecule has 3 N–H and O–H groups in total. The number of rotatable bonds is 5. The molecular formula is C14H11FN2O4. The topological polar surface area (TPSA) is 103 Å². The lowest BCUT2D eigenvalue weighted by Gasteiger charge is -2.09. The summed E-state index contributed by atoms with van der Waals surface area (Å²) < 4.78 is 19.0. The van der Waals surface area contributed by atoms with Crippen LogP contribution in [-0.2, 0) is 6.61 Å². The molecule has 0 saturated heterocycles. The first-order valence-electron chi connectivity index (χ1n) is 5.87. The standard InChI is InChI=1S/C14H11FN2O4/c15-11-5-8(13(16)18)1-2-9(11)7-21-12-6-17-4-3-10(12)14(19)20/h1-6H,7H2,(H2,16,18)(H,19,20). The number of primary amides is 1. The first kappa shape index (κ1) is 14.4. The molecule has 0 aliphatic heterocycles. The molecule has 1 heterocycles. The molecule has 2 aromatic rings. The van der Waals surface area contributed by atoms with Crippen LogP contribution in [0, 0.1) is 5.82 Å². The van der Waals surface area contributed by atoms with E-state index >= 15 is 0 Å². The number of benzene rings is 1. The van der Waals surface area contributed by atoms with Crippen molar-refractivity contribution in [1.82, 2.24) is 4.98 Å². The second-order valence-electron chi connectivity index (χ2n) is 4.14. The Morgan fingerprint density at radius 1 is 1.33 bits per heavy atom. The Kier molecular flexibility index (Phi) is 4.13. The summed E-state index contributed by atoms with van der Waals surface area (Å²) in [5.74, 6) is -2.53. The van der Waals surface area contributed by atoms with E-state index in [0.717, 1.165) is 6.07 Å². The van der Waals surface area contributed by atoms with E-state index in [4.69, 9.17) is 15.6 Å². The molecule has 21 heavy (non-hydrogen) atoms. The summed E-state index contributed by atoms with van der Waals surface area (Å²) in [5, 5.41) is 8.98. The fourth-order valence-electron chi connectivity index (χ4n) is 1.64. The van der Waals surface area contributed by atoms with Crippen molar-refractivity contribution in [1.29, 1.82) is 0 Å². The first-order valence-corrected chi connectivity index (χ1v) is 5.87. The molecule has 1 aromatic heterocycles. The smallest absolute Gasteiger partial charge is 0.339 e. The van der Waals surface area contributed by atoms with E-state index in [0.29, 0.717) is 0 Å². The molecule has 7 heteroatoms. The summed E-state index contributed by atoms with van der Waals surface area (Å²) in [5.41, 5.74) is 5.18. The zero-order valence-electron chi connectivity index (χ0n) is 10.7. The highest BCUT2D eigenvalue weighted by Gasteiger charge is 2.12. The zero-order chi connectivity index (χ0) is 15.4. The molecule has 6 nitrogen and oxygen atoms in total. The highest BCUT2D eigenvalue weighted by atomic mass is 19.1. The highest BCUT2D eigenvalue weighted by molar-refractivity contribution is 5.92. The lowest BCUT2D eigenvalue weighted by molar-refractivity contribution is 0.0691. The van der Waals surface area contributed by atoms with Crippen molar-refractivity contribution in [3.63, 3.8) is 0 Å². The van der Waals surface area contributed by atoms with Crippen molar-refractivity contribution >= 4 is 11.9 Å². The van der Waals surface area contributed by atoms with Crippen LogP contribution in [0.2, 0.25) is 0 Å². The van der Waals surface area contributed by atoms with Crippen LogP contribution in [-0.4, -0.2) is 22.0 Å². The second-order valence-corrected chi connectivity index (χ2v) is 4.14. The molecule has 0 saturated carbocycles. The van der Waals surface area contributed by atoms with Gasteiger partial charge in [-0.15, -0.1) is 0 Å².